The van der Waals surface area contributed by atoms with E-state index in [1.807, 2.05) is 26.1 Å². The number of sulfonamides is 1. The summed E-state index contributed by atoms with van der Waals surface area (Å²) in [5, 5.41) is 8.66. The molecule has 0 radical (unpaired) electrons. The van der Waals surface area contributed by atoms with Crippen LogP contribution in [0.1, 0.15) is 22.9 Å². The minimum atomic E-state index is -3.53. The molecule has 0 spiro atoms. The van der Waals surface area contributed by atoms with Crippen LogP contribution in [-0.2, 0) is 23.1 Å². The van der Waals surface area contributed by atoms with Crippen LogP contribution in [0.2, 0.25) is 0 Å². The Morgan fingerprint density at radius 2 is 1.87 bits per heavy atom. The maximum Gasteiger partial charge on any atom is 0.243 e. The van der Waals surface area contributed by atoms with Gasteiger partial charge in [0.05, 0.1) is 18.0 Å². The monoisotopic (exact) mass is 449 g/mol. The van der Waals surface area contributed by atoms with Gasteiger partial charge in [-0.3, -0.25) is 0 Å². The van der Waals surface area contributed by atoms with E-state index in [2.05, 4.69) is 38.9 Å². The highest BCUT2D eigenvalue weighted by molar-refractivity contribution is 7.89. The zero-order chi connectivity index (χ0) is 21.6. The molecule has 1 aliphatic rings. The zero-order valence-corrected chi connectivity index (χ0v) is 19.5. The van der Waals surface area contributed by atoms with Crippen molar-refractivity contribution in [1.29, 1.82) is 0 Å². The van der Waals surface area contributed by atoms with Crippen molar-refractivity contribution in [1.82, 2.24) is 19.8 Å². The molecular weight excluding hydrogens is 418 g/mol. The van der Waals surface area contributed by atoms with Gasteiger partial charge >= 0.3 is 0 Å². The highest BCUT2D eigenvalue weighted by Gasteiger charge is 2.29. The lowest BCUT2D eigenvalue weighted by molar-refractivity contribution is 0.222. The highest BCUT2D eigenvalue weighted by Crippen LogP contribution is 2.22. The van der Waals surface area contributed by atoms with Crippen LogP contribution in [0.3, 0.4) is 0 Å². The van der Waals surface area contributed by atoms with Gasteiger partial charge in [-0.05, 0) is 49.5 Å². The molecule has 1 saturated heterocycles. The Labute approximate surface area is 183 Å². The molecule has 164 valence electrons. The molecule has 0 aliphatic carbocycles. The molecule has 0 saturated carbocycles. The van der Waals surface area contributed by atoms with Crippen LogP contribution in [0, 0.1) is 6.92 Å². The maximum absolute atomic E-state index is 13.2. The first-order valence-corrected chi connectivity index (χ1v) is 12.6. The number of guanidine groups is 1. The number of hydrogen-bond donors (Lipinski definition) is 2. The van der Waals surface area contributed by atoms with Crippen LogP contribution in [0.5, 0.6) is 0 Å². The Morgan fingerprint density at radius 1 is 1.13 bits per heavy atom. The molecule has 0 bridgehead atoms. The number of piperazine rings is 1. The number of likely N-dealkylation sites (N-methyl/N-ethyl adjacent to an activating group) is 1. The molecular formula is C21H31N5O2S2. The summed E-state index contributed by atoms with van der Waals surface area (Å²) in [6, 6.07) is 9.28. The fourth-order valence-electron chi connectivity index (χ4n) is 3.31. The summed E-state index contributed by atoms with van der Waals surface area (Å²) in [7, 11) is -1.52. The van der Waals surface area contributed by atoms with Gasteiger partial charge in [0.15, 0.2) is 5.96 Å². The molecule has 1 aliphatic heterocycles. The average molecular weight is 450 g/mol. The van der Waals surface area contributed by atoms with Crippen LogP contribution in [-0.4, -0.2) is 63.4 Å². The van der Waals surface area contributed by atoms with Gasteiger partial charge in [0.1, 0.15) is 0 Å². The van der Waals surface area contributed by atoms with Crippen LogP contribution in [0.25, 0.3) is 0 Å². The number of hydrogen-bond acceptors (Lipinski definition) is 5. The van der Waals surface area contributed by atoms with E-state index >= 15 is 0 Å². The highest BCUT2D eigenvalue weighted by atomic mass is 32.2. The van der Waals surface area contributed by atoms with Gasteiger partial charge < -0.3 is 15.5 Å². The van der Waals surface area contributed by atoms with Crippen molar-refractivity contribution >= 4 is 27.3 Å². The number of benzene rings is 1. The molecule has 9 heteroatoms. The van der Waals surface area contributed by atoms with Gasteiger partial charge in [0.2, 0.25) is 10.0 Å². The summed E-state index contributed by atoms with van der Waals surface area (Å²) in [6.07, 6.45) is 0. The SMILES string of the molecule is CCNC(=NCc1ccccc1S(=O)(=O)N1CCN(C)CC1)NCc1sccc1C. The van der Waals surface area contributed by atoms with E-state index in [0.29, 0.717) is 42.6 Å². The van der Waals surface area contributed by atoms with Crippen molar-refractivity contribution < 1.29 is 8.42 Å². The molecule has 2 heterocycles. The number of rotatable bonds is 7. The average Bonchev–Trinajstić information content (AvgIpc) is 3.15. The summed E-state index contributed by atoms with van der Waals surface area (Å²) in [5.74, 6) is 0.678. The second kappa shape index (κ2) is 10.4. The molecule has 0 amide bonds. The fraction of sp³-hybridized carbons (Fsp3) is 0.476. The summed E-state index contributed by atoms with van der Waals surface area (Å²) in [4.78, 5) is 8.41. The lowest BCUT2D eigenvalue weighted by Gasteiger charge is -2.32. The fourth-order valence-corrected chi connectivity index (χ4v) is 5.79. The largest absolute Gasteiger partial charge is 0.357 e. The van der Waals surface area contributed by atoms with Gasteiger partial charge in [-0.25, -0.2) is 13.4 Å². The number of nitrogens with one attached hydrogen (secondary N) is 2. The molecule has 7 nitrogen and oxygen atoms in total. The van der Waals surface area contributed by atoms with E-state index < -0.39 is 10.0 Å². The predicted octanol–water partition coefficient (Wildman–Crippen LogP) is 2.25. The van der Waals surface area contributed by atoms with Crippen LogP contribution in [0.4, 0.5) is 0 Å². The first-order valence-electron chi connectivity index (χ1n) is 10.2. The van der Waals surface area contributed by atoms with Crippen molar-refractivity contribution in [2.45, 2.75) is 31.8 Å². The first kappa shape index (κ1) is 22.7. The van der Waals surface area contributed by atoms with Crippen LogP contribution >= 0.6 is 11.3 Å². The third kappa shape index (κ3) is 5.60. The Bertz CT molecular complexity index is 963. The molecule has 0 atom stereocenters. The van der Waals surface area contributed by atoms with Crippen molar-refractivity contribution in [2.75, 3.05) is 39.8 Å². The molecule has 2 aromatic rings. The van der Waals surface area contributed by atoms with Gasteiger partial charge in [-0.1, -0.05) is 18.2 Å². The number of aryl methyl sites for hydroxylation is 1. The van der Waals surface area contributed by atoms with Crippen LogP contribution < -0.4 is 10.6 Å². The lowest BCUT2D eigenvalue weighted by Crippen LogP contribution is -2.47. The van der Waals surface area contributed by atoms with E-state index in [4.69, 9.17) is 0 Å². The molecule has 30 heavy (non-hydrogen) atoms. The van der Waals surface area contributed by atoms with Gasteiger partial charge in [0.25, 0.3) is 0 Å². The molecule has 3 rings (SSSR count). The summed E-state index contributed by atoms with van der Waals surface area (Å²) in [6.45, 7) is 8.35. The van der Waals surface area contributed by atoms with Gasteiger partial charge in [-0.2, -0.15) is 4.31 Å². The summed E-state index contributed by atoms with van der Waals surface area (Å²) < 4.78 is 28.0. The molecule has 2 N–H and O–H groups in total. The minimum absolute atomic E-state index is 0.294. The first-order chi connectivity index (χ1) is 14.4. The number of nitrogens with zero attached hydrogens (tertiary/aromatic N) is 3. The van der Waals surface area contributed by atoms with E-state index in [1.165, 1.54) is 10.4 Å². The summed E-state index contributed by atoms with van der Waals surface area (Å²) >= 11 is 1.71. The Kier molecular flexibility index (Phi) is 7.87. The Hall–Kier alpha value is -1.94. The van der Waals surface area contributed by atoms with E-state index in [0.717, 1.165) is 19.6 Å². The predicted molar refractivity (Wildman–Crippen MR) is 123 cm³/mol. The second-order valence-electron chi connectivity index (χ2n) is 7.39. The van der Waals surface area contributed by atoms with Crippen molar-refractivity contribution in [3.63, 3.8) is 0 Å². The quantitative estimate of drug-likeness (QED) is 0.501. The van der Waals surface area contributed by atoms with Gasteiger partial charge in [0, 0.05) is 37.6 Å². The maximum atomic E-state index is 13.2. The third-order valence-corrected chi connectivity index (χ3v) is 8.21. The van der Waals surface area contributed by atoms with E-state index in [-0.39, 0.29) is 0 Å². The topological polar surface area (TPSA) is 77.0 Å². The Balaban J connectivity index is 1.76. The number of thiophene rings is 1. The Morgan fingerprint density at radius 3 is 2.53 bits per heavy atom. The van der Waals surface area contributed by atoms with Crippen molar-refractivity contribution in [2.24, 2.45) is 4.99 Å². The third-order valence-electron chi connectivity index (χ3n) is 5.19. The van der Waals surface area contributed by atoms with Crippen molar-refractivity contribution in [3.8, 4) is 0 Å². The van der Waals surface area contributed by atoms with Gasteiger partial charge in [-0.15, -0.1) is 11.3 Å². The number of aliphatic imine (C=N–C) groups is 1. The summed E-state index contributed by atoms with van der Waals surface area (Å²) in [5.41, 5.74) is 1.97. The van der Waals surface area contributed by atoms with E-state index in [1.54, 1.807) is 27.8 Å². The molecule has 1 fully saturated rings. The normalized spacial score (nSPS) is 16.6. The molecule has 1 aromatic carbocycles. The standard InChI is InChI=1S/C21H31N5O2S2/c1-4-22-21(24-16-19-17(2)9-14-29-19)23-15-18-7-5-6-8-20(18)30(27,28)26-12-10-25(3)11-13-26/h5-9,14H,4,10-13,15-16H2,1-3H3,(H2,22,23,24). The lowest BCUT2D eigenvalue weighted by atomic mass is 10.2. The van der Waals surface area contributed by atoms with E-state index in [9.17, 15) is 8.42 Å². The molecule has 1 aromatic heterocycles. The van der Waals surface area contributed by atoms with Crippen molar-refractivity contribution in [3.05, 3.63) is 51.7 Å². The van der Waals surface area contributed by atoms with Crippen LogP contribution in [0.15, 0.2) is 45.6 Å². The zero-order valence-electron chi connectivity index (χ0n) is 17.9. The molecule has 0 unspecified atom stereocenters. The smallest absolute Gasteiger partial charge is 0.243 e. The second-order valence-corrected chi connectivity index (χ2v) is 10.3. The minimum Gasteiger partial charge on any atom is -0.357 e.